The van der Waals surface area contributed by atoms with Gasteiger partial charge in [0.05, 0.1) is 16.1 Å². The first-order valence-corrected chi connectivity index (χ1v) is 9.87. The molecular weight excluding hydrogens is 477 g/mol. The van der Waals surface area contributed by atoms with Gasteiger partial charge in [0.2, 0.25) is 0 Å². The fraction of sp³-hybridized carbons (Fsp3) is 0.143. The number of nitrogens with one attached hydrogen (secondary N) is 1. The van der Waals surface area contributed by atoms with E-state index in [-0.39, 0.29) is 5.82 Å². The van der Waals surface area contributed by atoms with Crippen LogP contribution in [0.15, 0.2) is 69.6 Å². The fourth-order valence-electron chi connectivity index (χ4n) is 2.50. The molecule has 3 aromatic rings. The molecule has 0 bridgehead atoms. The van der Waals surface area contributed by atoms with Crippen LogP contribution in [0.25, 0.3) is 0 Å². The first-order chi connectivity index (χ1) is 13.0. The summed E-state index contributed by atoms with van der Waals surface area (Å²) in [4.78, 5) is 0. The smallest absolute Gasteiger partial charge is 0.148 e. The summed E-state index contributed by atoms with van der Waals surface area (Å²) in [6.07, 6.45) is 0. The standard InChI is InChI=1S/C21H18Br2FNO2/c1-26-18-8-6-17(7-9-18)25-12-15-10-19(22)21(20(23)11-15)27-13-14-2-4-16(24)5-3-14/h2-11,25H,12-13H2,1H3. The van der Waals surface area contributed by atoms with E-state index in [4.69, 9.17) is 9.47 Å². The summed E-state index contributed by atoms with van der Waals surface area (Å²) in [6, 6.07) is 18.1. The summed E-state index contributed by atoms with van der Waals surface area (Å²) >= 11 is 7.14. The van der Waals surface area contributed by atoms with E-state index in [2.05, 4.69) is 37.2 Å². The third kappa shape index (κ3) is 5.47. The summed E-state index contributed by atoms with van der Waals surface area (Å²) in [5.74, 6) is 1.29. The molecule has 0 aliphatic rings. The van der Waals surface area contributed by atoms with Gasteiger partial charge in [-0.15, -0.1) is 0 Å². The molecular formula is C21H18Br2FNO2. The molecule has 0 amide bonds. The van der Waals surface area contributed by atoms with Crippen molar-refractivity contribution in [3.63, 3.8) is 0 Å². The van der Waals surface area contributed by atoms with Gasteiger partial charge in [-0.05, 0) is 91.5 Å². The molecule has 3 nitrogen and oxygen atoms in total. The summed E-state index contributed by atoms with van der Waals surface area (Å²) in [6.45, 7) is 1.03. The molecule has 0 saturated heterocycles. The Labute approximate surface area is 174 Å². The topological polar surface area (TPSA) is 30.5 Å². The molecule has 3 aromatic carbocycles. The van der Waals surface area contributed by atoms with E-state index in [1.54, 1.807) is 19.2 Å². The third-order valence-electron chi connectivity index (χ3n) is 3.94. The van der Waals surface area contributed by atoms with Gasteiger partial charge in [-0.2, -0.15) is 0 Å². The Kier molecular flexibility index (Phi) is 6.74. The summed E-state index contributed by atoms with van der Waals surface area (Å²) in [5.41, 5.74) is 3.01. The minimum atomic E-state index is -0.255. The van der Waals surface area contributed by atoms with Gasteiger partial charge in [0, 0.05) is 12.2 Å². The maximum absolute atomic E-state index is 13.0. The molecule has 0 saturated carbocycles. The van der Waals surface area contributed by atoms with Crippen molar-refractivity contribution in [2.75, 3.05) is 12.4 Å². The molecule has 0 spiro atoms. The maximum atomic E-state index is 13.0. The van der Waals surface area contributed by atoms with Crippen molar-refractivity contribution in [3.8, 4) is 11.5 Å². The van der Waals surface area contributed by atoms with E-state index >= 15 is 0 Å². The van der Waals surface area contributed by atoms with Crippen LogP contribution in [0.5, 0.6) is 11.5 Å². The zero-order chi connectivity index (χ0) is 19.2. The van der Waals surface area contributed by atoms with Crippen LogP contribution in [0.4, 0.5) is 10.1 Å². The van der Waals surface area contributed by atoms with E-state index in [0.717, 1.165) is 31.5 Å². The Morgan fingerprint density at radius 1 is 0.889 bits per heavy atom. The molecule has 0 aromatic heterocycles. The number of halogens is 3. The highest BCUT2D eigenvalue weighted by molar-refractivity contribution is 9.11. The molecule has 0 fully saturated rings. The molecule has 0 unspecified atom stereocenters. The number of methoxy groups -OCH3 is 1. The quantitative estimate of drug-likeness (QED) is 0.404. The molecule has 1 N–H and O–H groups in total. The van der Waals surface area contributed by atoms with Crippen LogP contribution < -0.4 is 14.8 Å². The Hall–Kier alpha value is -2.05. The highest BCUT2D eigenvalue weighted by Crippen LogP contribution is 2.35. The van der Waals surface area contributed by atoms with Gasteiger partial charge < -0.3 is 14.8 Å². The molecule has 6 heteroatoms. The van der Waals surface area contributed by atoms with E-state index in [1.165, 1.54) is 12.1 Å². The lowest BCUT2D eigenvalue weighted by Crippen LogP contribution is -2.01. The van der Waals surface area contributed by atoms with Gasteiger partial charge in [-0.3, -0.25) is 0 Å². The monoisotopic (exact) mass is 493 g/mol. The Morgan fingerprint density at radius 3 is 2.11 bits per heavy atom. The zero-order valence-corrected chi connectivity index (χ0v) is 17.8. The van der Waals surface area contributed by atoms with Crippen LogP contribution in [0.2, 0.25) is 0 Å². The fourth-order valence-corrected chi connectivity index (χ4v) is 4.01. The molecule has 0 atom stereocenters. The first kappa shape index (κ1) is 19.7. The second-order valence-electron chi connectivity index (χ2n) is 5.89. The zero-order valence-electron chi connectivity index (χ0n) is 14.6. The van der Waals surface area contributed by atoms with Crippen molar-refractivity contribution >= 4 is 37.5 Å². The molecule has 3 rings (SSSR count). The van der Waals surface area contributed by atoms with E-state index in [0.29, 0.717) is 18.9 Å². The molecule has 0 heterocycles. The van der Waals surface area contributed by atoms with Crippen LogP contribution in [0.1, 0.15) is 11.1 Å². The van der Waals surface area contributed by atoms with Crippen molar-refractivity contribution < 1.29 is 13.9 Å². The summed E-state index contributed by atoms with van der Waals surface area (Å²) < 4.78 is 25.7. The average molecular weight is 495 g/mol. The maximum Gasteiger partial charge on any atom is 0.148 e. The SMILES string of the molecule is COc1ccc(NCc2cc(Br)c(OCc3ccc(F)cc3)c(Br)c2)cc1. The molecule has 27 heavy (non-hydrogen) atoms. The van der Waals surface area contributed by atoms with Crippen LogP contribution >= 0.6 is 31.9 Å². The highest BCUT2D eigenvalue weighted by atomic mass is 79.9. The van der Waals surface area contributed by atoms with Gasteiger partial charge in [-0.1, -0.05) is 12.1 Å². The van der Waals surface area contributed by atoms with Crippen LogP contribution in [-0.2, 0) is 13.2 Å². The summed E-state index contributed by atoms with van der Waals surface area (Å²) in [7, 11) is 1.65. The lowest BCUT2D eigenvalue weighted by atomic mass is 10.2. The lowest BCUT2D eigenvalue weighted by Gasteiger charge is -2.13. The number of hydrogen-bond acceptors (Lipinski definition) is 3. The Morgan fingerprint density at radius 2 is 1.52 bits per heavy atom. The van der Waals surface area contributed by atoms with Crippen molar-refractivity contribution in [3.05, 3.63) is 86.6 Å². The number of ether oxygens (including phenoxy) is 2. The van der Waals surface area contributed by atoms with Gasteiger partial charge in [0.1, 0.15) is 23.9 Å². The van der Waals surface area contributed by atoms with Gasteiger partial charge in [0.15, 0.2) is 0 Å². The van der Waals surface area contributed by atoms with Gasteiger partial charge in [-0.25, -0.2) is 4.39 Å². The first-order valence-electron chi connectivity index (χ1n) is 8.28. The predicted molar refractivity (Wildman–Crippen MR) is 113 cm³/mol. The van der Waals surface area contributed by atoms with Gasteiger partial charge >= 0.3 is 0 Å². The minimum absolute atomic E-state index is 0.255. The van der Waals surface area contributed by atoms with Crippen molar-refractivity contribution in [1.29, 1.82) is 0 Å². The van der Waals surface area contributed by atoms with Crippen molar-refractivity contribution in [2.45, 2.75) is 13.2 Å². The summed E-state index contributed by atoms with van der Waals surface area (Å²) in [5, 5.41) is 3.38. The van der Waals surface area contributed by atoms with Gasteiger partial charge in [0.25, 0.3) is 0 Å². The normalized spacial score (nSPS) is 10.5. The van der Waals surface area contributed by atoms with Crippen molar-refractivity contribution in [1.82, 2.24) is 0 Å². The van der Waals surface area contributed by atoms with Crippen LogP contribution in [0, 0.1) is 5.82 Å². The number of rotatable bonds is 7. The van der Waals surface area contributed by atoms with E-state index < -0.39 is 0 Å². The number of hydrogen-bond donors (Lipinski definition) is 1. The van der Waals surface area contributed by atoms with E-state index in [9.17, 15) is 4.39 Å². The van der Waals surface area contributed by atoms with Crippen LogP contribution in [0.3, 0.4) is 0 Å². The van der Waals surface area contributed by atoms with Crippen molar-refractivity contribution in [2.24, 2.45) is 0 Å². The largest absolute Gasteiger partial charge is 0.497 e. The second-order valence-corrected chi connectivity index (χ2v) is 7.59. The number of anilines is 1. The molecule has 140 valence electrons. The third-order valence-corrected chi connectivity index (χ3v) is 5.12. The van der Waals surface area contributed by atoms with Crippen LogP contribution in [-0.4, -0.2) is 7.11 Å². The Balaban J connectivity index is 1.63. The molecule has 0 aliphatic carbocycles. The molecule has 0 aliphatic heterocycles. The molecule has 0 radical (unpaired) electrons. The predicted octanol–water partition coefficient (Wildman–Crippen LogP) is 6.55. The minimum Gasteiger partial charge on any atom is -0.497 e. The highest BCUT2D eigenvalue weighted by Gasteiger charge is 2.10. The second kappa shape index (κ2) is 9.24. The number of benzene rings is 3. The lowest BCUT2D eigenvalue weighted by molar-refractivity contribution is 0.302. The van der Waals surface area contributed by atoms with E-state index in [1.807, 2.05) is 36.4 Å². The Bertz CT molecular complexity index is 876. The average Bonchev–Trinajstić information content (AvgIpc) is 2.67.